The summed E-state index contributed by atoms with van der Waals surface area (Å²) in [6.07, 6.45) is 0.467. The van der Waals surface area contributed by atoms with Gasteiger partial charge in [0.1, 0.15) is 16.9 Å². The maximum atomic E-state index is 13.1. The van der Waals surface area contributed by atoms with Crippen LogP contribution >= 0.6 is 0 Å². The molecule has 0 N–H and O–H groups in total. The molecular formula is C20H21NO4. The largest absolute Gasteiger partial charge is 0.497 e. The van der Waals surface area contributed by atoms with Crippen LogP contribution in [0.5, 0.6) is 11.5 Å². The van der Waals surface area contributed by atoms with Crippen LogP contribution in [-0.2, 0) is 4.79 Å². The Bertz CT molecular complexity index is 800. The van der Waals surface area contributed by atoms with Crippen LogP contribution in [0.2, 0.25) is 0 Å². The fourth-order valence-electron chi connectivity index (χ4n) is 3.20. The van der Waals surface area contributed by atoms with E-state index in [0.717, 1.165) is 0 Å². The number of hydrogen-bond donors (Lipinski definition) is 0. The lowest BCUT2D eigenvalue weighted by molar-refractivity contribution is -0.122. The van der Waals surface area contributed by atoms with Crippen molar-refractivity contribution in [1.82, 2.24) is 0 Å². The summed E-state index contributed by atoms with van der Waals surface area (Å²) in [4.78, 5) is 27.7. The second-order valence-electron chi connectivity index (χ2n) is 6.27. The van der Waals surface area contributed by atoms with Gasteiger partial charge in [-0.15, -0.1) is 0 Å². The van der Waals surface area contributed by atoms with E-state index >= 15 is 0 Å². The molecule has 0 saturated carbocycles. The Morgan fingerprint density at radius 3 is 2.36 bits per heavy atom. The molecule has 1 amide bonds. The molecule has 0 aliphatic carbocycles. The Hall–Kier alpha value is -2.82. The second-order valence-corrected chi connectivity index (χ2v) is 6.27. The molecule has 0 aromatic heterocycles. The number of anilines is 1. The number of ketones is 1. The topological polar surface area (TPSA) is 55.8 Å². The second kappa shape index (κ2) is 6.59. The van der Waals surface area contributed by atoms with Crippen LogP contribution in [0, 0.1) is 5.41 Å². The van der Waals surface area contributed by atoms with Crippen molar-refractivity contribution in [3.63, 3.8) is 0 Å². The molecular weight excluding hydrogens is 318 g/mol. The molecule has 0 bridgehead atoms. The number of nitrogens with zero attached hydrogens (tertiary/aromatic N) is 1. The molecule has 5 heteroatoms. The van der Waals surface area contributed by atoms with Crippen molar-refractivity contribution in [2.45, 2.75) is 13.3 Å². The molecule has 2 aromatic rings. The maximum absolute atomic E-state index is 13.1. The van der Waals surface area contributed by atoms with Gasteiger partial charge in [0.15, 0.2) is 5.78 Å². The third-order valence-electron chi connectivity index (χ3n) is 4.78. The summed E-state index contributed by atoms with van der Waals surface area (Å²) in [5, 5.41) is 0. The number of Topliss-reactive ketones (excluding diaryl/α,β-unsaturated/α-hetero) is 1. The summed E-state index contributed by atoms with van der Waals surface area (Å²) in [6, 6.07) is 14.2. The Balaban J connectivity index is 1.89. The maximum Gasteiger partial charge on any atom is 0.240 e. The van der Waals surface area contributed by atoms with Crippen molar-refractivity contribution in [1.29, 1.82) is 0 Å². The molecule has 1 atom stereocenters. The summed E-state index contributed by atoms with van der Waals surface area (Å²) in [5.74, 6) is 0.933. The van der Waals surface area contributed by atoms with Gasteiger partial charge in [-0.3, -0.25) is 9.59 Å². The molecule has 25 heavy (non-hydrogen) atoms. The van der Waals surface area contributed by atoms with Gasteiger partial charge in [0.25, 0.3) is 0 Å². The molecule has 0 unspecified atom stereocenters. The lowest BCUT2D eigenvalue weighted by Gasteiger charge is -2.23. The molecule has 5 nitrogen and oxygen atoms in total. The first kappa shape index (κ1) is 17.0. The summed E-state index contributed by atoms with van der Waals surface area (Å²) < 4.78 is 10.5. The summed E-state index contributed by atoms with van der Waals surface area (Å²) in [5.41, 5.74) is 0.134. The van der Waals surface area contributed by atoms with Crippen LogP contribution in [0.1, 0.15) is 23.7 Å². The minimum absolute atomic E-state index is 0.169. The van der Waals surface area contributed by atoms with Gasteiger partial charge in [-0.1, -0.05) is 12.1 Å². The normalized spacial score (nSPS) is 19.8. The Labute approximate surface area is 147 Å². The Kier molecular flexibility index (Phi) is 4.49. The van der Waals surface area contributed by atoms with Crippen molar-refractivity contribution >= 4 is 17.4 Å². The average molecular weight is 339 g/mol. The van der Waals surface area contributed by atoms with Gasteiger partial charge in [-0.25, -0.2) is 0 Å². The number of amides is 1. The Morgan fingerprint density at radius 1 is 1.04 bits per heavy atom. The van der Waals surface area contributed by atoms with E-state index in [1.807, 2.05) is 24.3 Å². The highest BCUT2D eigenvalue weighted by Gasteiger charge is 2.49. The van der Waals surface area contributed by atoms with Crippen molar-refractivity contribution < 1.29 is 19.1 Å². The SMILES string of the molecule is COc1ccc(C(=O)[C@]2(C)CCN(c3ccccc3OC)C2=O)cc1. The van der Waals surface area contributed by atoms with E-state index in [1.165, 1.54) is 0 Å². The molecule has 1 heterocycles. The first-order valence-corrected chi connectivity index (χ1v) is 8.15. The van der Waals surface area contributed by atoms with Crippen molar-refractivity contribution in [2.75, 3.05) is 25.7 Å². The van der Waals surface area contributed by atoms with E-state index in [1.54, 1.807) is 50.3 Å². The van der Waals surface area contributed by atoms with Crippen molar-refractivity contribution in [3.8, 4) is 11.5 Å². The van der Waals surface area contributed by atoms with Crippen LogP contribution < -0.4 is 14.4 Å². The van der Waals surface area contributed by atoms with Crippen LogP contribution in [0.15, 0.2) is 48.5 Å². The molecule has 2 aromatic carbocycles. The number of ether oxygens (including phenoxy) is 2. The number of benzene rings is 2. The van der Waals surface area contributed by atoms with Crippen LogP contribution in [0.3, 0.4) is 0 Å². The van der Waals surface area contributed by atoms with Crippen LogP contribution in [0.25, 0.3) is 0 Å². The standard InChI is InChI=1S/C20H21NO4/c1-20(18(22)14-8-10-15(24-2)11-9-14)12-13-21(19(20)23)16-6-4-5-7-17(16)25-3/h4-11H,12-13H2,1-3H3/t20-/m0/s1. The quantitative estimate of drug-likeness (QED) is 0.619. The molecule has 0 radical (unpaired) electrons. The van der Waals surface area contributed by atoms with Crippen molar-refractivity contribution in [2.24, 2.45) is 5.41 Å². The van der Waals surface area contributed by atoms with Crippen LogP contribution in [0.4, 0.5) is 5.69 Å². The van der Waals surface area contributed by atoms with Gasteiger partial charge in [-0.05, 0) is 49.7 Å². The smallest absolute Gasteiger partial charge is 0.240 e. The number of para-hydroxylation sites is 2. The van der Waals surface area contributed by atoms with Gasteiger partial charge in [0.2, 0.25) is 5.91 Å². The van der Waals surface area contributed by atoms with Gasteiger partial charge < -0.3 is 14.4 Å². The van der Waals surface area contributed by atoms with Crippen molar-refractivity contribution in [3.05, 3.63) is 54.1 Å². The average Bonchev–Trinajstić information content (AvgIpc) is 2.97. The van der Waals surface area contributed by atoms with E-state index in [-0.39, 0.29) is 11.7 Å². The molecule has 130 valence electrons. The lowest BCUT2D eigenvalue weighted by atomic mass is 9.81. The molecule has 3 rings (SSSR count). The minimum Gasteiger partial charge on any atom is -0.497 e. The highest BCUT2D eigenvalue weighted by molar-refractivity contribution is 6.19. The fraction of sp³-hybridized carbons (Fsp3) is 0.300. The van der Waals surface area contributed by atoms with Gasteiger partial charge >= 0.3 is 0 Å². The number of rotatable bonds is 5. The van der Waals surface area contributed by atoms with Gasteiger partial charge in [-0.2, -0.15) is 0 Å². The monoisotopic (exact) mass is 339 g/mol. The molecule has 1 saturated heterocycles. The molecule has 1 aliphatic heterocycles. The van der Waals surface area contributed by atoms with Gasteiger partial charge in [0.05, 0.1) is 19.9 Å². The predicted molar refractivity (Wildman–Crippen MR) is 95.4 cm³/mol. The number of carbonyl (C=O) groups is 2. The molecule has 0 spiro atoms. The third-order valence-corrected chi connectivity index (χ3v) is 4.78. The number of carbonyl (C=O) groups excluding carboxylic acids is 2. The van der Waals surface area contributed by atoms with Crippen LogP contribution in [-0.4, -0.2) is 32.5 Å². The highest BCUT2D eigenvalue weighted by Crippen LogP contribution is 2.40. The van der Waals surface area contributed by atoms with Gasteiger partial charge in [0, 0.05) is 12.1 Å². The minimum atomic E-state index is -1.07. The zero-order valence-electron chi connectivity index (χ0n) is 14.6. The predicted octanol–water partition coefficient (Wildman–Crippen LogP) is 3.33. The van der Waals surface area contributed by atoms with E-state index in [2.05, 4.69) is 0 Å². The Morgan fingerprint density at radius 2 is 1.72 bits per heavy atom. The van der Waals surface area contributed by atoms with E-state index in [4.69, 9.17) is 9.47 Å². The van der Waals surface area contributed by atoms with E-state index in [0.29, 0.717) is 35.7 Å². The highest BCUT2D eigenvalue weighted by atomic mass is 16.5. The lowest BCUT2D eigenvalue weighted by Crippen LogP contribution is -2.38. The number of methoxy groups -OCH3 is 2. The number of hydrogen-bond acceptors (Lipinski definition) is 4. The first-order valence-electron chi connectivity index (χ1n) is 8.15. The third kappa shape index (κ3) is 2.86. The summed E-state index contributed by atoms with van der Waals surface area (Å²) in [7, 11) is 3.14. The molecule has 1 aliphatic rings. The summed E-state index contributed by atoms with van der Waals surface area (Å²) in [6.45, 7) is 2.20. The first-order chi connectivity index (χ1) is 12.0. The zero-order chi connectivity index (χ0) is 18.0. The fourth-order valence-corrected chi connectivity index (χ4v) is 3.20. The zero-order valence-corrected chi connectivity index (χ0v) is 14.6. The van der Waals surface area contributed by atoms with E-state index < -0.39 is 5.41 Å². The molecule has 1 fully saturated rings. The summed E-state index contributed by atoms with van der Waals surface area (Å²) >= 11 is 0. The van der Waals surface area contributed by atoms with E-state index in [9.17, 15) is 9.59 Å².